The van der Waals surface area contributed by atoms with Gasteiger partial charge in [0.15, 0.2) is 0 Å². The number of nitrogens with zero attached hydrogens (tertiary/aromatic N) is 5. The van der Waals surface area contributed by atoms with Crippen molar-refractivity contribution in [3.05, 3.63) is 47.7 Å². The van der Waals surface area contributed by atoms with Crippen LogP contribution in [0, 0.1) is 5.92 Å². The van der Waals surface area contributed by atoms with Crippen molar-refractivity contribution in [1.82, 2.24) is 29.9 Å². The molecule has 0 aromatic carbocycles. The van der Waals surface area contributed by atoms with Gasteiger partial charge in [-0.25, -0.2) is 14.5 Å². The molecule has 170 valence electrons. The molecular weight excluding hydrogens is 425 g/mol. The molecule has 0 radical (unpaired) electrons. The Labute approximate surface area is 182 Å². The summed E-state index contributed by atoms with van der Waals surface area (Å²) in [5, 5.41) is 6.59. The summed E-state index contributed by atoms with van der Waals surface area (Å²) >= 11 is 0. The van der Waals surface area contributed by atoms with Crippen LogP contribution in [0.5, 0.6) is 5.88 Å². The molecule has 3 aromatic heterocycles. The Morgan fingerprint density at radius 2 is 1.97 bits per heavy atom. The van der Waals surface area contributed by atoms with Crippen LogP contribution in [-0.2, 0) is 6.18 Å². The molecule has 0 aliphatic heterocycles. The molecule has 8 nitrogen and oxygen atoms in total. The van der Waals surface area contributed by atoms with Gasteiger partial charge in [0.05, 0.1) is 12.3 Å². The van der Waals surface area contributed by atoms with E-state index in [4.69, 9.17) is 4.74 Å². The van der Waals surface area contributed by atoms with Crippen molar-refractivity contribution in [3.63, 3.8) is 0 Å². The van der Waals surface area contributed by atoms with Crippen LogP contribution in [0.3, 0.4) is 0 Å². The van der Waals surface area contributed by atoms with Gasteiger partial charge in [0.1, 0.15) is 5.56 Å². The predicted octanol–water partition coefficient (Wildman–Crippen LogP) is 3.64. The third-order valence-corrected chi connectivity index (χ3v) is 5.64. The van der Waals surface area contributed by atoms with Crippen LogP contribution in [0.2, 0.25) is 0 Å². The number of hydrogen-bond donors (Lipinski definition) is 1. The first-order valence-electron chi connectivity index (χ1n) is 10.5. The Hall–Kier alpha value is -3.24. The highest BCUT2D eigenvalue weighted by Crippen LogP contribution is 2.36. The number of aromatic nitrogens is 5. The molecule has 0 atom stereocenters. The first-order valence-corrected chi connectivity index (χ1v) is 10.5. The SMILES string of the molecule is CCOc1ncccc1C(=O)NCC1CCC(c2ccnc3nc(C(F)(F)F)nn23)CC1. The molecule has 32 heavy (non-hydrogen) atoms. The van der Waals surface area contributed by atoms with E-state index in [1.165, 1.54) is 10.7 Å². The Morgan fingerprint density at radius 1 is 1.19 bits per heavy atom. The van der Waals surface area contributed by atoms with Crippen LogP contribution >= 0.6 is 0 Å². The first kappa shape index (κ1) is 22.0. The van der Waals surface area contributed by atoms with Gasteiger partial charge < -0.3 is 10.1 Å². The van der Waals surface area contributed by atoms with E-state index in [0.717, 1.165) is 25.7 Å². The highest BCUT2D eigenvalue weighted by atomic mass is 19.4. The largest absolute Gasteiger partial charge is 0.477 e. The van der Waals surface area contributed by atoms with Gasteiger partial charge in [-0.2, -0.15) is 18.2 Å². The average molecular weight is 448 g/mol. The fourth-order valence-corrected chi connectivity index (χ4v) is 4.05. The normalized spacial score (nSPS) is 19.1. The second-order valence-corrected chi connectivity index (χ2v) is 7.73. The third kappa shape index (κ3) is 4.66. The number of carbonyl (C=O) groups is 1. The number of pyridine rings is 1. The van der Waals surface area contributed by atoms with Gasteiger partial charge in [0.2, 0.25) is 5.88 Å². The van der Waals surface area contributed by atoms with Crippen molar-refractivity contribution in [3.8, 4) is 5.88 Å². The number of amides is 1. The topological polar surface area (TPSA) is 94.3 Å². The van der Waals surface area contributed by atoms with Gasteiger partial charge in [-0.1, -0.05) is 0 Å². The summed E-state index contributed by atoms with van der Waals surface area (Å²) in [6.45, 7) is 2.76. The Balaban J connectivity index is 1.37. The molecule has 1 N–H and O–H groups in total. The zero-order valence-corrected chi connectivity index (χ0v) is 17.5. The lowest BCUT2D eigenvalue weighted by Crippen LogP contribution is -2.31. The van der Waals surface area contributed by atoms with Crippen molar-refractivity contribution in [1.29, 1.82) is 0 Å². The molecule has 1 fully saturated rings. The quantitative estimate of drug-likeness (QED) is 0.619. The van der Waals surface area contributed by atoms with Crippen LogP contribution in [0.25, 0.3) is 5.78 Å². The average Bonchev–Trinajstić information content (AvgIpc) is 3.24. The van der Waals surface area contributed by atoms with E-state index >= 15 is 0 Å². The maximum Gasteiger partial charge on any atom is 0.453 e. The molecule has 3 heterocycles. The van der Waals surface area contributed by atoms with Gasteiger partial charge in [-0.3, -0.25) is 4.79 Å². The molecule has 11 heteroatoms. The number of hydrogen-bond acceptors (Lipinski definition) is 6. The number of carbonyl (C=O) groups excluding carboxylic acids is 1. The summed E-state index contributed by atoms with van der Waals surface area (Å²) in [6, 6.07) is 5.06. The van der Waals surface area contributed by atoms with Crippen molar-refractivity contribution < 1.29 is 22.7 Å². The highest BCUT2D eigenvalue weighted by Gasteiger charge is 2.37. The molecule has 0 bridgehead atoms. The van der Waals surface area contributed by atoms with Crippen molar-refractivity contribution in [2.24, 2.45) is 5.92 Å². The van der Waals surface area contributed by atoms with E-state index in [-0.39, 0.29) is 23.5 Å². The number of halogens is 3. The number of alkyl halides is 3. The minimum absolute atomic E-state index is 0.0502. The van der Waals surface area contributed by atoms with Crippen molar-refractivity contribution in [2.45, 2.75) is 44.7 Å². The van der Waals surface area contributed by atoms with Crippen LogP contribution < -0.4 is 10.1 Å². The lowest BCUT2D eigenvalue weighted by atomic mass is 9.80. The van der Waals surface area contributed by atoms with Crippen LogP contribution in [0.15, 0.2) is 30.6 Å². The van der Waals surface area contributed by atoms with E-state index < -0.39 is 12.0 Å². The molecule has 0 unspecified atom stereocenters. The van der Waals surface area contributed by atoms with Crippen LogP contribution in [0.1, 0.15) is 60.4 Å². The van der Waals surface area contributed by atoms with Crippen molar-refractivity contribution >= 4 is 11.7 Å². The van der Waals surface area contributed by atoms with E-state index in [1.54, 1.807) is 24.4 Å². The van der Waals surface area contributed by atoms with E-state index in [2.05, 4.69) is 25.4 Å². The van der Waals surface area contributed by atoms with Gasteiger partial charge in [-0.15, -0.1) is 5.10 Å². The summed E-state index contributed by atoms with van der Waals surface area (Å²) < 4.78 is 45.6. The molecule has 1 saturated carbocycles. The predicted molar refractivity (Wildman–Crippen MR) is 108 cm³/mol. The monoisotopic (exact) mass is 448 g/mol. The van der Waals surface area contributed by atoms with Gasteiger partial charge >= 0.3 is 6.18 Å². The zero-order chi connectivity index (χ0) is 22.7. The molecular formula is C21H23F3N6O2. The maximum atomic E-state index is 13.0. The number of nitrogens with one attached hydrogen (secondary N) is 1. The Morgan fingerprint density at radius 3 is 2.69 bits per heavy atom. The second-order valence-electron chi connectivity index (χ2n) is 7.73. The number of ether oxygens (including phenoxy) is 1. The Bertz CT molecular complexity index is 1090. The maximum absolute atomic E-state index is 13.0. The summed E-state index contributed by atoms with van der Waals surface area (Å²) in [5.74, 6) is -0.827. The van der Waals surface area contributed by atoms with Gasteiger partial charge in [-0.05, 0) is 56.7 Å². The first-order chi connectivity index (χ1) is 15.4. The molecule has 3 aromatic rings. The lowest BCUT2D eigenvalue weighted by molar-refractivity contribution is -0.144. The lowest BCUT2D eigenvalue weighted by Gasteiger charge is -2.28. The summed E-state index contributed by atoms with van der Waals surface area (Å²) in [5.41, 5.74) is 1.08. The van der Waals surface area contributed by atoms with Crippen LogP contribution in [-0.4, -0.2) is 43.6 Å². The Kier molecular flexibility index (Phi) is 6.24. The van der Waals surface area contributed by atoms with E-state index in [0.29, 0.717) is 30.3 Å². The van der Waals surface area contributed by atoms with Crippen LogP contribution in [0.4, 0.5) is 13.2 Å². The summed E-state index contributed by atoms with van der Waals surface area (Å²) in [6.07, 6.45) is 1.65. The number of fused-ring (bicyclic) bond motifs is 1. The van der Waals surface area contributed by atoms with E-state index in [1.807, 2.05) is 6.92 Å². The van der Waals surface area contributed by atoms with Gasteiger partial charge in [0.25, 0.3) is 17.5 Å². The minimum atomic E-state index is -4.61. The molecule has 1 aliphatic rings. The second kappa shape index (κ2) is 9.09. The molecule has 4 rings (SSSR count). The zero-order valence-electron chi connectivity index (χ0n) is 17.5. The fourth-order valence-electron chi connectivity index (χ4n) is 4.05. The molecule has 1 aliphatic carbocycles. The third-order valence-electron chi connectivity index (χ3n) is 5.64. The van der Waals surface area contributed by atoms with E-state index in [9.17, 15) is 18.0 Å². The smallest absolute Gasteiger partial charge is 0.453 e. The standard InChI is InChI=1S/C21H23F3N6O2/c1-2-32-18-15(4-3-10-25-18)17(31)27-12-13-5-7-14(8-6-13)16-9-11-26-20-28-19(21(22,23)24)29-30(16)20/h3-4,9-11,13-14H,2,5-8,12H2,1H3,(H,27,31). The highest BCUT2D eigenvalue weighted by molar-refractivity contribution is 5.96. The van der Waals surface area contributed by atoms with Crippen molar-refractivity contribution in [2.75, 3.05) is 13.2 Å². The summed E-state index contributed by atoms with van der Waals surface area (Å²) in [4.78, 5) is 24.1. The van der Waals surface area contributed by atoms with Gasteiger partial charge in [0, 0.05) is 24.9 Å². The number of rotatable bonds is 6. The molecule has 0 spiro atoms. The molecule has 0 saturated heterocycles. The molecule has 1 amide bonds. The summed E-state index contributed by atoms with van der Waals surface area (Å²) in [7, 11) is 0. The minimum Gasteiger partial charge on any atom is -0.477 e. The fraction of sp³-hybridized carbons (Fsp3) is 0.476.